The molecule has 0 bridgehead atoms. The molecule has 0 aromatic carbocycles. The van der Waals surface area contributed by atoms with Gasteiger partial charge in [-0.2, -0.15) is 0 Å². The van der Waals surface area contributed by atoms with Crippen LogP contribution in [0.5, 0.6) is 0 Å². The van der Waals surface area contributed by atoms with Crippen molar-refractivity contribution in [3.05, 3.63) is 11.6 Å². The number of hydrogen-bond donors (Lipinski definition) is 0. The lowest BCUT2D eigenvalue weighted by molar-refractivity contribution is -0.109. The topological polar surface area (TPSA) is 20.3 Å². The zero-order valence-electron chi connectivity index (χ0n) is 6.80. The van der Waals surface area contributed by atoms with Gasteiger partial charge < -0.3 is 0 Å². The van der Waals surface area contributed by atoms with E-state index in [1.807, 2.05) is 20.0 Å². The Morgan fingerprint density at radius 1 is 1.82 bits per heavy atom. The second-order valence-corrected chi connectivity index (χ2v) is 3.22. The van der Waals surface area contributed by atoms with E-state index >= 15 is 0 Å². The van der Waals surface area contributed by atoms with E-state index < -0.39 is 0 Å². The molecule has 3 heteroatoms. The highest BCUT2D eigenvalue weighted by Crippen LogP contribution is 2.17. The summed E-state index contributed by atoms with van der Waals surface area (Å²) in [5.74, 6) is 0. The van der Waals surface area contributed by atoms with Crippen LogP contribution in [-0.4, -0.2) is 29.8 Å². The van der Waals surface area contributed by atoms with Gasteiger partial charge in [-0.05, 0) is 32.0 Å². The van der Waals surface area contributed by atoms with Gasteiger partial charge in [0.25, 0.3) is 0 Å². The van der Waals surface area contributed by atoms with E-state index in [1.165, 1.54) is 0 Å². The molecule has 0 aromatic rings. The Labute approximate surface area is 71.8 Å². The maximum Gasteiger partial charge on any atom is 0.249 e. The highest BCUT2D eigenvalue weighted by Gasteiger charge is 2.21. The van der Waals surface area contributed by atoms with E-state index in [0.29, 0.717) is 0 Å². The predicted molar refractivity (Wildman–Crippen MR) is 45.7 cm³/mol. The van der Waals surface area contributed by atoms with Crippen molar-refractivity contribution in [1.82, 2.24) is 4.90 Å². The summed E-state index contributed by atoms with van der Waals surface area (Å²) in [4.78, 5) is 12.9. The normalized spacial score (nSPS) is 26.5. The number of nitrogens with zero attached hydrogens (tertiary/aromatic N) is 1. The number of carbonyl (C=O) groups is 1. The lowest BCUT2D eigenvalue weighted by atomic mass is 10.0. The summed E-state index contributed by atoms with van der Waals surface area (Å²) in [6.45, 7) is 3.00. The molecule has 0 amide bonds. The number of carbonyl (C=O) groups excluding carboxylic acids is 1. The Balaban J connectivity index is 2.78. The molecule has 11 heavy (non-hydrogen) atoms. The first-order chi connectivity index (χ1) is 5.13. The van der Waals surface area contributed by atoms with Gasteiger partial charge in [0.1, 0.15) is 0 Å². The third-order valence-corrected chi connectivity index (χ3v) is 2.40. The van der Waals surface area contributed by atoms with Crippen molar-refractivity contribution in [3.8, 4) is 0 Å². The summed E-state index contributed by atoms with van der Waals surface area (Å²) in [7, 11) is 2.00. The van der Waals surface area contributed by atoms with E-state index in [4.69, 9.17) is 11.6 Å². The molecule has 1 aliphatic heterocycles. The molecule has 0 fully saturated rings. The molecule has 0 aliphatic carbocycles. The fourth-order valence-corrected chi connectivity index (χ4v) is 1.50. The van der Waals surface area contributed by atoms with Gasteiger partial charge in [-0.25, -0.2) is 0 Å². The van der Waals surface area contributed by atoms with Gasteiger partial charge >= 0.3 is 0 Å². The zero-order chi connectivity index (χ0) is 8.43. The number of halogens is 1. The predicted octanol–water partition coefficient (Wildman–Crippen LogP) is 1.40. The molecule has 0 aromatic heterocycles. The Morgan fingerprint density at radius 3 is 2.91 bits per heavy atom. The average molecular weight is 174 g/mol. The molecule has 0 saturated heterocycles. The summed E-state index contributed by atoms with van der Waals surface area (Å²) in [6.07, 6.45) is 2.86. The number of rotatable bonds is 1. The van der Waals surface area contributed by atoms with Crippen molar-refractivity contribution in [1.29, 1.82) is 0 Å². The molecule has 1 aliphatic rings. The largest absolute Gasteiger partial charge is 0.299 e. The van der Waals surface area contributed by atoms with Crippen LogP contribution in [0.1, 0.15) is 13.3 Å². The molecule has 1 heterocycles. The second-order valence-electron chi connectivity index (χ2n) is 2.88. The lowest BCUT2D eigenvalue weighted by Gasteiger charge is -2.28. The van der Waals surface area contributed by atoms with Gasteiger partial charge in [0.05, 0.1) is 0 Å². The molecule has 1 atom stereocenters. The molecule has 0 spiro atoms. The van der Waals surface area contributed by atoms with E-state index in [2.05, 4.69) is 4.90 Å². The minimum Gasteiger partial charge on any atom is -0.299 e. The van der Waals surface area contributed by atoms with Crippen molar-refractivity contribution >= 4 is 16.8 Å². The number of hydrogen-bond acceptors (Lipinski definition) is 2. The fourth-order valence-electron chi connectivity index (χ4n) is 1.27. The van der Waals surface area contributed by atoms with Gasteiger partial charge in [-0.3, -0.25) is 9.69 Å². The monoisotopic (exact) mass is 173 g/mol. The Hall–Kier alpha value is -0.340. The summed E-state index contributed by atoms with van der Waals surface area (Å²) in [5.41, 5.74) is 0.736. The molecule has 2 nitrogen and oxygen atoms in total. The van der Waals surface area contributed by atoms with Crippen LogP contribution in [0.4, 0.5) is 0 Å². The molecule has 0 saturated carbocycles. The first-order valence-electron chi connectivity index (χ1n) is 3.73. The van der Waals surface area contributed by atoms with Crippen LogP contribution in [0.25, 0.3) is 0 Å². The lowest BCUT2D eigenvalue weighted by Crippen LogP contribution is -2.36. The van der Waals surface area contributed by atoms with Crippen molar-refractivity contribution in [3.63, 3.8) is 0 Å². The molecule has 1 rings (SSSR count). The average Bonchev–Trinajstić information content (AvgIpc) is 1.94. The van der Waals surface area contributed by atoms with Crippen LogP contribution in [0.2, 0.25) is 0 Å². The Bertz CT molecular complexity index is 200. The van der Waals surface area contributed by atoms with Gasteiger partial charge in [0.2, 0.25) is 5.24 Å². The fraction of sp³-hybridized carbons (Fsp3) is 0.625. The van der Waals surface area contributed by atoms with Crippen molar-refractivity contribution < 1.29 is 4.79 Å². The summed E-state index contributed by atoms with van der Waals surface area (Å²) < 4.78 is 0. The molecule has 0 N–H and O–H groups in total. The van der Waals surface area contributed by atoms with Crippen molar-refractivity contribution in [2.45, 2.75) is 19.4 Å². The van der Waals surface area contributed by atoms with Gasteiger partial charge in [-0.1, -0.05) is 6.08 Å². The van der Waals surface area contributed by atoms with Crippen molar-refractivity contribution in [2.24, 2.45) is 0 Å². The smallest absolute Gasteiger partial charge is 0.249 e. The Kier molecular flexibility index (Phi) is 2.68. The van der Waals surface area contributed by atoms with Crippen molar-refractivity contribution in [2.75, 3.05) is 13.6 Å². The third kappa shape index (κ3) is 1.82. The molecular weight excluding hydrogens is 162 g/mol. The van der Waals surface area contributed by atoms with E-state index in [9.17, 15) is 4.79 Å². The minimum absolute atomic E-state index is 0.175. The first-order valence-corrected chi connectivity index (χ1v) is 4.11. The van der Waals surface area contributed by atoms with Crippen LogP contribution in [0, 0.1) is 0 Å². The second kappa shape index (κ2) is 3.37. The SMILES string of the molecule is CC1C(C(=O)Cl)=CCCN1C. The molecule has 1 unspecified atom stereocenters. The van der Waals surface area contributed by atoms with E-state index in [0.717, 1.165) is 18.5 Å². The quantitative estimate of drug-likeness (QED) is 0.559. The minimum atomic E-state index is -0.316. The number of likely N-dealkylation sites (N-methyl/N-ethyl adjacent to an activating group) is 1. The van der Waals surface area contributed by atoms with Gasteiger partial charge in [0.15, 0.2) is 0 Å². The highest BCUT2D eigenvalue weighted by atomic mass is 35.5. The van der Waals surface area contributed by atoms with Crippen LogP contribution >= 0.6 is 11.6 Å². The maximum atomic E-state index is 10.8. The molecule has 0 radical (unpaired) electrons. The Morgan fingerprint density at radius 2 is 2.45 bits per heavy atom. The van der Waals surface area contributed by atoms with E-state index in [1.54, 1.807) is 0 Å². The summed E-state index contributed by atoms with van der Waals surface area (Å²) in [6, 6.07) is 0.175. The standard InChI is InChI=1S/C8H12ClNO/c1-6-7(8(9)11)4-3-5-10(6)2/h4,6H,3,5H2,1-2H3. The molecule has 62 valence electrons. The first kappa shape index (κ1) is 8.75. The zero-order valence-corrected chi connectivity index (χ0v) is 7.56. The van der Waals surface area contributed by atoms with Crippen LogP contribution in [0.15, 0.2) is 11.6 Å². The summed E-state index contributed by atoms with van der Waals surface area (Å²) in [5, 5.41) is -0.316. The molecular formula is C8H12ClNO. The summed E-state index contributed by atoms with van der Waals surface area (Å²) >= 11 is 5.38. The van der Waals surface area contributed by atoms with Crippen LogP contribution < -0.4 is 0 Å². The maximum absolute atomic E-state index is 10.8. The highest BCUT2D eigenvalue weighted by molar-refractivity contribution is 6.67. The van der Waals surface area contributed by atoms with Gasteiger partial charge in [-0.15, -0.1) is 0 Å². The van der Waals surface area contributed by atoms with E-state index in [-0.39, 0.29) is 11.3 Å². The van der Waals surface area contributed by atoms with Crippen LogP contribution in [0.3, 0.4) is 0 Å². The van der Waals surface area contributed by atoms with Crippen LogP contribution in [-0.2, 0) is 4.79 Å². The van der Waals surface area contributed by atoms with Gasteiger partial charge in [0, 0.05) is 18.2 Å². The third-order valence-electron chi connectivity index (χ3n) is 2.18.